The molecule has 1 nitrogen and oxygen atoms in total. The predicted molar refractivity (Wildman–Crippen MR) is 89.4 cm³/mol. The molecule has 0 bridgehead atoms. The highest BCUT2D eigenvalue weighted by Crippen LogP contribution is 2.37. The molecule has 0 amide bonds. The molecule has 0 aromatic heterocycles. The average Bonchev–Trinajstić information content (AvgIpc) is 2.81. The third-order valence-corrected chi connectivity index (χ3v) is 4.53. The Labute approximate surface area is 129 Å². The van der Waals surface area contributed by atoms with E-state index in [9.17, 15) is 0 Å². The number of hydrogen-bond acceptors (Lipinski definition) is 1. The van der Waals surface area contributed by atoms with Crippen LogP contribution in [0.3, 0.4) is 0 Å². The van der Waals surface area contributed by atoms with Crippen molar-refractivity contribution in [3.8, 4) is 0 Å². The predicted octanol–water partition coefficient (Wildman–Crippen LogP) is 5.46. The molecule has 2 aromatic rings. The van der Waals surface area contributed by atoms with E-state index in [1.165, 1.54) is 22.4 Å². The number of rotatable bonds is 1. The summed E-state index contributed by atoms with van der Waals surface area (Å²) in [6.07, 6.45) is 1.07. The van der Waals surface area contributed by atoms with Gasteiger partial charge < -0.3 is 5.32 Å². The molecule has 0 saturated carbocycles. The first-order chi connectivity index (χ1) is 9.43. The van der Waals surface area contributed by atoms with Crippen LogP contribution in [-0.2, 0) is 11.8 Å². The van der Waals surface area contributed by atoms with Gasteiger partial charge in [0.05, 0.1) is 6.04 Å². The molecular formula is C18H20BrN. The summed E-state index contributed by atoms with van der Waals surface area (Å²) in [5, 5.41) is 3.63. The molecule has 1 N–H and O–H groups in total. The van der Waals surface area contributed by atoms with Crippen LogP contribution in [0, 0.1) is 0 Å². The van der Waals surface area contributed by atoms with Crippen molar-refractivity contribution in [2.45, 2.75) is 38.6 Å². The molecule has 0 fully saturated rings. The van der Waals surface area contributed by atoms with Crippen molar-refractivity contribution >= 4 is 21.6 Å². The molecule has 1 unspecified atom stereocenters. The second-order valence-electron chi connectivity index (χ2n) is 6.57. The Morgan fingerprint density at radius 2 is 1.75 bits per heavy atom. The van der Waals surface area contributed by atoms with E-state index >= 15 is 0 Å². The van der Waals surface area contributed by atoms with Crippen LogP contribution in [-0.4, -0.2) is 0 Å². The van der Waals surface area contributed by atoms with Crippen molar-refractivity contribution < 1.29 is 0 Å². The summed E-state index contributed by atoms with van der Waals surface area (Å²) >= 11 is 3.49. The second kappa shape index (κ2) is 4.92. The van der Waals surface area contributed by atoms with Gasteiger partial charge in [0, 0.05) is 10.2 Å². The summed E-state index contributed by atoms with van der Waals surface area (Å²) in [5.74, 6) is 0. The molecule has 1 atom stereocenters. The molecule has 2 aromatic carbocycles. The third-order valence-electron chi connectivity index (χ3n) is 4.00. The molecule has 3 rings (SSSR count). The standard InChI is InChI=1S/C18H20BrN/c1-18(2,3)14-6-9-16-13(10-14)11-17(20-16)12-4-7-15(19)8-5-12/h4-10,17,20H,11H2,1-3H3. The number of fused-ring (bicyclic) bond motifs is 1. The number of anilines is 1. The molecule has 0 spiro atoms. The van der Waals surface area contributed by atoms with Gasteiger partial charge in [-0.3, -0.25) is 0 Å². The number of nitrogens with one attached hydrogen (secondary N) is 1. The van der Waals surface area contributed by atoms with Gasteiger partial charge >= 0.3 is 0 Å². The first kappa shape index (κ1) is 13.7. The number of benzene rings is 2. The van der Waals surface area contributed by atoms with E-state index < -0.39 is 0 Å². The van der Waals surface area contributed by atoms with Crippen molar-refractivity contribution in [1.82, 2.24) is 0 Å². The fourth-order valence-electron chi connectivity index (χ4n) is 2.72. The molecule has 1 heterocycles. The summed E-state index contributed by atoms with van der Waals surface area (Å²) in [4.78, 5) is 0. The van der Waals surface area contributed by atoms with Gasteiger partial charge in [-0.15, -0.1) is 0 Å². The van der Waals surface area contributed by atoms with Gasteiger partial charge in [0.1, 0.15) is 0 Å². The Kier molecular flexibility index (Phi) is 3.37. The molecular weight excluding hydrogens is 310 g/mol. The van der Waals surface area contributed by atoms with Gasteiger partial charge in [0.25, 0.3) is 0 Å². The summed E-state index contributed by atoms with van der Waals surface area (Å²) < 4.78 is 1.13. The molecule has 20 heavy (non-hydrogen) atoms. The lowest BCUT2D eigenvalue weighted by atomic mass is 9.85. The van der Waals surface area contributed by atoms with Crippen molar-refractivity contribution in [2.24, 2.45) is 0 Å². The van der Waals surface area contributed by atoms with Crippen LogP contribution >= 0.6 is 15.9 Å². The Morgan fingerprint density at radius 3 is 2.40 bits per heavy atom. The van der Waals surface area contributed by atoms with Crippen LogP contribution in [0.2, 0.25) is 0 Å². The summed E-state index contributed by atoms with van der Waals surface area (Å²) in [6.45, 7) is 6.80. The van der Waals surface area contributed by atoms with E-state index in [4.69, 9.17) is 0 Å². The first-order valence-electron chi connectivity index (χ1n) is 7.09. The minimum Gasteiger partial charge on any atom is -0.378 e. The molecule has 1 aliphatic heterocycles. The van der Waals surface area contributed by atoms with Crippen LogP contribution in [0.4, 0.5) is 5.69 Å². The zero-order chi connectivity index (χ0) is 14.3. The zero-order valence-corrected chi connectivity index (χ0v) is 13.8. The third kappa shape index (κ3) is 2.62. The lowest BCUT2D eigenvalue weighted by Crippen LogP contribution is -2.10. The van der Waals surface area contributed by atoms with Crippen LogP contribution < -0.4 is 5.32 Å². The van der Waals surface area contributed by atoms with Gasteiger partial charge in [-0.05, 0) is 46.7 Å². The van der Waals surface area contributed by atoms with Gasteiger partial charge in [-0.2, -0.15) is 0 Å². The fraction of sp³-hybridized carbons (Fsp3) is 0.333. The summed E-state index contributed by atoms with van der Waals surface area (Å²) in [6, 6.07) is 15.8. The molecule has 0 radical (unpaired) electrons. The summed E-state index contributed by atoms with van der Waals surface area (Å²) in [7, 11) is 0. The highest BCUT2D eigenvalue weighted by Gasteiger charge is 2.24. The van der Waals surface area contributed by atoms with Crippen molar-refractivity contribution in [2.75, 3.05) is 5.32 Å². The van der Waals surface area contributed by atoms with Gasteiger partial charge in [-0.1, -0.05) is 61.0 Å². The van der Waals surface area contributed by atoms with Crippen LogP contribution in [0.1, 0.15) is 43.5 Å². The van der Waals surface area contributed by atoms with E-state index in [2.05, 4.69) is 84.5 Å². The van der Waals surface area contributed by atoms with E-state index in [1.807, 2.05) is 0 Å². The van der Waals surface area contributed by atoms with Crippen molar-refractivity contribution in [3.63, 3.8) is 0 Å². The van der Waals surface area contributed by atoms with Gasteiger partial charge in [0.2, 0.25) is 0 Å². The Balaban J connectivity index is 1.87. The molecule has 0 saturated heterocycles. The van der Waals surface area contributed by atoms with Crippen molar-refractivity contribution in [1.29, 1.82) is 0 Å². The minimum absolute atomic E-state index is 0.213. The van der Waals surface area contributed by atoms with E-state index in [0.717, 1.165) is 10.9 Å². The van der Waals surface area contributed by atoms with E-state index in [-0.39, 0.29) is 5.41 Å². The van der Waals surface area contributed by atoms with Crippen molar-refractivity contribution in [3.05, 3.63) is 63.6 Å². The highest BCUT2D eigenvalue weighted by atomic mass is 79.9. The largest absolute Gasteiger partial charge is 0.378 e. The molecule has 1 aliphatic rings. The van der Waals surface area contributed by atoms with E-state index in [1.54, 1.807) is 0 Å². The molecule has 2 heteroatoms. The quantitative estimate of drug-likeness (QED) is 0.732. The SMILES string of the molecule is CC(C)(C)c1ccc2c(c1)CC(c1ccc(Br)cc1)N2. The maximum absolute atomic E-state index is 3.63. The average molecular weight is 330 g/mol. The topological polar surface area (TPSA) is 12.0 Å². The summed E-state index contributed by atoms with van der Waals surface area (Å²) in [5.41, 5.74) is 5.69. The van der Waals surface area contributed by atoms with Crippen LogP contribution in [0.15, 0.2) is 46.9 Å². The maximum atomic E-state index is 3.63. The number of halogens is 1. The fourth-order valence-corrected chi connectivity index (χ4v) is 2.99. The normalized spacial score (nSPS) is 17.7. The minimum atomic E-state index is 0.213. The monoisotopic (exact) mass is 329 g/mol. The Bertz CT molecular complexity index is 623. The molecule has 104 valence electrons. The van der Waals surface area contributed by atoms with E-state index in [0.29, 0.717) is 6.04 Å². The van der Waals surface area contributed by atoms with Gasteiger partial charge in [-0.25, -0.2) is 0 Å². The smallest absolute Gasteiger partial charge is 0.0555 e. The molecule has 0 aliphatic carbocycles. The van der Waals surface area contributed by atoms with Crippen LogP contribution in [0.5, 0.6) is 0 Å². The lowest BCUT2D eigenvalue weighted by Gasteiger charge is -2.19. The highest BCUT2D eigenvalue weighted by molar-refractivity contribution is 9.10. The first-order valence-corrected chi connectivity index (χ1v) is 7.88. The lowest BCUT2D eigenvalue weighted by molar-refractivity contribution is 0.589. The second-order valence-corrected chi connectivity index (χ2v) is 7.49. The Hall–Kier alpha value is -1.28. The van der Waals surface area contributed by atoms with Crippen LogP contribution in [0.25, 0.3) is 0 Å². The maximum Gasteiger partial charge on any atom is 0.0555 e. The number of hydrogen-bond donors (Lipinski definition) is 1. The van der Waals surface area contributed by atoms with Gasteiger partial charge in [0.15, 0.2) is 0 Å². The zero-order valence-electron chi connectivity index (χ0n) is 12.2. The Morgan fingerprint density at radius 1 is 1.05 bits per heavy atom.